The summed E-state index contributed by atoms with van der Waals surface area (Å²) in [6.45, 7) is 1.96. The summed E-state index contributed by atoms with van der Waals surface area (Å²) in [5.41, 5.74) is 1.63. The summed E-state index contributed by atoms with van der Waals surface area (Å²) in [7, 11) is -2.56. The second kappa shape index (κ2) is 9.61. The van der Waals surface area contributed by atoms with Crippen LogP contribution in [0, 0.1) is 5.82 Å². The second-order valence-corrected chi connectivity index (χ2v) is 8.72. The lowest BCUT2D eigenvalue weighted by Crippen LogP contribution is -2.16. The Morgan fingerprint density at radius 2 is 1.71 bits per heavy atom. The smallest absolute Gasteiger partial charge is 0.262 e. The van der Waals surface area contributed by atoms with Crippen LogP contribution in [-0.4, -0.2) is 21.4 Å². The van der Waals surface area contributed by atoms with E-state index in [0.717, 1.165) is 17.7 Å². The molecule has 0 aliphatic carbocycles. The van der Waals surface area contributed by atoms with Crippen molar-refractivity contribution >= 4 is 27.3 Å². The Hall–Kier alpha value is -3.39. The largest absolute Gasteiger partial charge is 0.495 e. The van der Waals surface area contributed by atoms with Crippen LogP contribution in [0.5, 0.6) is 5.75 Å². The van der Waals surface area contributed by atoms with Gasteiger partial charge in [0.25, 0.3) is 10.0 Å². The van der Waals surface area contributed by atoms with Crippen LogP contribution in [0.15, 0.2) is 77.7 Å². The van der Waals surface area contributed by atoms with Gasteiger partial charge in [-0.05, 0) is 53.9 Å². The van der Waals surface area contributed by atoms with E-state index in [1.54, 1.807) is 12.1 Å². The highest BCUT2D eigenvalue weighted by Gasteiger charge is 2.18. The summed E-state index contributed by atoms with van der Waals surface area (Å²) in [5.74, 6) is -0.433. The molecule has 8 heteroatoms. The Balaban J connectivity index is 1.75. The monoisotopic (exact) mass is 442 g/mol. The van der Waals surface area contributed by atoms with Crippen LogP contribution in [0.4, 0.5) is 15.8 Å². The number of hydrogen-bond acceptors (Lipinski definition) is 4. The van der Waals surface area contributed by atoms with Crippen LogP contribution in [-0.2, 0) is 14.8 Å². The maximum Gasteiger partial charge on any atom is 0.262 e. The molecule has 0 fully saturated rings. The van der Waals surface area contributed by atoms with Crippen LogP contribution in [0.25, 0.3) is 0 Å². The minimum absolute atomic E-state index is 0.0240. The third kappa shape index (κ3) is 5.82. The van der Waals surface area contributed by atoms with Gasteiger partial charge in [0, 0.05) is 12.1 Å². The molecule has 31 heavy (non-hydrogen) atoms. The van der Waals surface area contributed by atoms with E-state index in [-0.39, 0.29) is 34.6 Å². The van der Waals surface area contributed by atoms with E-state index in [4.69, 9.17) is 4.74 Å². The molecule has 6 nitrogen and oxygen atoms in total. The van der Waals surface area contributed by atoms with Crippen LogP contribution in [0.2, 0.25) is 0 Å². The van der Waals surface area contributed by atoms with Gasteiger partial charge in [-0.25, -0.2) is 12.8 Å². The molecule has 0 aromatic heterocycles. The van der Waals surface area contributed by atoms with Gasteiger partial charge in [-0.15, -0.1) is 0 Å². The number of carbonyl (C=O) groups excluding carboxylic acids is 1. The van der Waals surface area contributed by atoms with Crippen molar-refractivity contribution in [1.82, 2.24) is 0 Å². The molecule has 3 rings (SSSR count). The zero-order valence-corrected chi connectivity index (χ0v) is 17.9. The fraction of sp³-hybridized carbons (Fsp3) is 0.174. The highest BCUT2D eigenvalue weighted by Crippen LogP contribution is 2.30. The van der Waals surface area contributed by atoms with E-state index in [9.17, 15) is 17.6 Å². The number of rotatable bonds is 8. The number of benzene rings is 3. The molecular formula is C23H23FN2O4S. The van der Waals surface area contributed by atoms with Gasteiger partial charge in [0.2, 0.25) is 5.91 Å². The molecule has 0 spiro atoms. The summed E-state index contributed by atoms with van der Waals surface area (Å²) in [5, 5.41) is 2.79. The molecule has 0 heterocycles. The van der Waals surface area contributed by atoms with Gasteiger partial charge in [-0.2, -0.15) is 0 Å². The lowest BCUT2D eigenvalue weighted by Gasteiger charge is -2.15. The zero-order chi connectivity index (χ0) is 22.4. The summed E-state index contributed by atoms with van der Waals surface area (Å²) in [4.78, 5) is 12.4. The molecule has 3 aromatic rings. The molecule has 1 unspecified atom stereocenters. The number of ether oxygens (including phenoxy) is 1. The number of methoxy groups -OCH3 is 1. The van der Waals surface area contributed by atoms with Crippen LogP contribution in [0.1, 0.15) is 24.8 Å². The standard InChI is InChI=1S/C23H23FN2O4S/c1-16(17-6-4-3-5-7-17)14-23(27)25-19-10-13-22(30-2)21(15-19)26-31(28,29)20-11-8-18(24)9-12-20/h3-13,15-16,26H,14H2,1-2H3,(H,25,27). The molecule has 1 atom stereocenters. The molecule has 0 bridgehead atoms. The summed E-state index contributed by atoms with van der Waals surface area (Å²) >= 11 is 0. The van der Waals surface area contributed by atoms with E-state index in [1.165, 1.54) is 25.3 Å². The lowest BCUT2D eigenvalue weighted by atomic mass is 9.97. The number of nitrogens with one attached hydrogen (secondary N) is 2. The van der Waals surface area contributed by atoms with E-state index in [1.807, 2.05) is 37.3 Å². The number of hydrogen-bond donors (Lipinski definition) is 2. The Morgan fingerprint density at radius 1 is 1.03 bits per heavy atom. The summed E-state index contributed by atoms with van der Waals surface area (Å²) < 4.78 is 46.1. The maximum atomic E-state index is 13.1. The van der Waals surface area contributed by atoms with E-state index in [0.29, 0.717) is 5.69 Å². The maximum absolute atomic E-state index is 13.1. The SMILES string of the molecule is COc1ccc(NC(=O)CC(C)c2ccccc2)cc1NS(=O)(=O)c1ccc(F)cc1. The number of carbonyl (C=O) groups is 1. The van der Waals surface area contributed by atoms with E-state index in [2.05, 4.69) is 10.0 Å². The van der Waals surface area contributed by atoms with Gasteiger partial charge < -0.3 is 10.1 Å². The number of amides is 1. The number of anilines is 2. The molecule has 1 amide bonds. The molecule has 0 saturated carbocycles. The highest BCUT2D eigenvalue weighted by molar-refractivity contribution is 7.92. The van der Waals surface area contributed by atoms with Crippen molar-refractivity contribution in [2.75, 3.05) is 17.1 Å². The van der Waals surface area contributed by atoms with Crippen molar-refractivity contribution in [1.29, 1.82) is 0 Å². The van der Waals surface area contributed by atoms with Gasteiger partial charge in [0.15, 0.2) is 0 Å². The minimum Gasteiger partial charge on any atom is -0.495 e. The molecule has 0 saturated heterocycles. The normalized spacial score (nSPS) is 12.1. The molecular weight excluding hydrogens is 419 g/mol. The lowest BCUT2D eigenvalue weighted by molar-refractivity contribution is -0.116. The van der Waals surface area contributed by atoms with Crippen LogP contribution >= 0.6 is 0 Å². The van der Waals surface area contributed by atoms with Crippen molar-refractivity contribution in [3.8, 4) is 5.75 Å². The third-order valence-electron chi connectivity index (χ3n) is 4.71. The highest BCUT2D eigenvalue weighted by atomic mass is 32.2. The van der Waals surface area contributed by atoms with Crippen molar-refractivity contribution in [3.63, 3.8) is 0 Å². The minimum atomic E-state index is -3.97. The van der Waals surface area contributed by atoms with Gasteiger partial charge in [0.05, 0.1) is 17.7 Å². The third-order valence-corrected chi connectivity index (χ3v) is 6.09. The molecule has 2 N–H and O–H groups in total. The van der Waals surface area contributed by atoms with Gasteiger partial charge in [0.1, 0.15) is 11.6 Å². The Bertz CT molecular complexity index is 1150. The molecule has 3 aromatic carbocycles. The van der Waals surface area contributed by atoms with Gasteiger partial charge in [-0.3, -0.25) is 9.52 Å². The molecule has 0 aliphatic rings. The number of halogens is 1. The Morgan fingerprint density at radius 3 is 2.35 bits per heavy atom. The fourth-order valence-electron chi connectivity index (χ4n) is 3.07. The first-order chi connectivity index (χ1) is 14.8. The zero-order valence-electron chi connectivity index (χ0n) is 17.1. The summed E-state index contributed by atoms with van der Waals surface area (Å²) in [6.07, 6.45) is 0.271. The Labute approximate surface area is 181 Å². The first kappa shape index (κ1) is 22.3. The van der Waals surface area contributed by atoms with E-state index >= 15 is 0 Å². The fourth-order valence-corrected chi connectivity index (χ4v) is 4.13. The van der Waals surface area contributed by atoms with Gasteiger partial charge in [-0.1, -0.05) is 37.3 Å². The molecule has 0 aliphatic heterocycles. The predicted molar refractivity (Wildman–Crippen MR) is 118 cm³/mol. The second-order valence-electron chi connectivity index (χ2n) is 7.04. The van der Waals surface area contributed by atoms with Crippen molar-refractivity contribution in [2.45, 2.75) is 24.2 Å². The molecule has 162 valence electrons. The van der Waals surface area contributed by atoms with Crippen molar-refractivity contribution in [3.05, 3.63) is 84.2 Å². The van der Waals surface area contributed by atoms with E-state index < -0.39 is 15.8 Å². The number of sulfonamides is 1. The van der Waals surface area contributed by atoms with Crippen molar-refractivity contribution < 1.29 is 22.3 Å². The average Bonchev–Trinajstić information content (AvgIpc) is 2.74. The first-order valence-corrected chi connectivity index (χ1v) is 11.1. The topological polar surface area (TPSA) is 84.5 Å². The quantitative estimate of drug-likeness (QED) is 0.526. The van der Waals surface area contributed by atoms with Crippen LogP contribution in [0.3, 0.4) is 0 Å². The van der Waals surface area contributed by atoms with Gasteiger partial charge >= 0.3 is 0 Å². The van der Waals surface area contributed by atoms with Crippen LogP contribution < -0.4 is 14.8 Å². The summed E-state index contributed by atoms with van der Waals surface area (Å²) in [6, 6.07) is 18.8. The average molecular weight is 443 g/mol. The van der Waals surface area contributed by atoms with Crippen molar-refractivity contribution in [2.24, 2.45) is 0 Å². The first-order valence-electron chi connectivity index (χ1n) is 9.59. The Kier molecular flexibility index (Phi) is 6.91. The molecule has 0 radical (unpaired) electrons. The predicted octanol–water partition coefficient (Wildman–Crippen LogP) is 4.77.